The first-order valence-electron chi connectivity index (χ1n) is 9.58. The summed E-state index contributed by atoms with van der Waals surface area (Å²) >= 11 is 1.53. The van der Waals surface area contributed by atoms with Crippen LogP contribution in [-0.2, 0) is 6.54 Å². The van der Waals surface area contributed by atoms with Crippen molar-refractivity contribution in [3.8, 4) is 0 Å². The number of aromatic amines is 1. The minimum atomic E-state index is -0.485. The molecule has 0 bridgehead atoms. The predicted molar refractivity (Wildman–Crippen MR) is 114 cm³/mol. The lowest BCUT2D eigenvalue weighted by atomic mass is 10.1. The maximum absolute atomic E-state index is 12.7. The molecule has 1 aliphatic heterocycles. The van der Waals surface area contributed by atoms with E-state index in [1.165, 1.54) is 35.6 Å². The summed E-state index contributed by atoms with van der Waals surface area (Å²) in [6, 6.07) is 5.66. The normalized spacial score (nSPS) is 14.9. The van der Waals surface area contributed by atoms with Crippen molar-refractivity contribution in [3.05, 3.63) is 66.6 Å². The first-order valence-corrected chi connectivity index (χ1v) is 10.4. The van der Waals surface area contributed by atoms with Gasteiger partial charge in [-0.15, -0.1) is 11.3 Å². The molecule has 9 nitrogen and oxygen atoms in total. The summed E-state index contributed by atoms with van der Waals surface area (Å²) in [7, 11) is 0. The van der Waals surface area contributed by atoms with Gasteiger partial charge in [0.25, 0.3) is 17.2 Å². The number of carbonyl (C=O) groups is 1. The number of rotatable bonds is 4. The van der Waals surface area contributed by atoms with E-state index in [4.69, 9.17) is 0 Å². The molecule has 1 fully saturated rings. The zero-order valence-electron chi connectivity index (χ0n) is 16.7. The molecule has 156 valence electrons. The van der Waals surface area contributed by atoms with Gasteiger partial charge < -0.3 is 9.88 Å². The number of nitro groups is 1. The molecule has 3 heterocycles. The second kappa shape index (κ2) is 7.96. The molecule has 1 aliphatic rings. The Morgan fingerprint density at radius 1 is 1.20 bits per heavy atom. The van der Waals surface area contributed by atoms with E-state index in [0.29, 0.717) is 49.5 Å². The van der Waals surface area contributed by atoms with Crippen molar-refractivity contribution in [2.45, 2.75) is 20.4 Å². The second-order valence-corrected chi connectivity index (χ2v) is 8.55. The van der Waals surface area contributed by atoms with Gasteiger partial charge in [0.05, 0.1) is 16.9 Å². The summed E-state index contributed by atoms with van der Waals surface area (Å²) in [4.78, 5) is 48.6. The average Bonchev–Trinajstić information content (AvgIpc) is 3.02. The van der Waals surface area contributed by atoms with E-state index in [9.17, 15) is 19.7 Å². The number of H-pyrrole nitrogens is 1. The van der Waals surface area contributed by atoms with Crippen LogP contribution in [0, 0.1) is 24.0 Å². The Morgan fingerprint density at radius 3 is 2.50 bits per heavy atom. The topological polar surface area (TPSA) is 112 Å². The highest BCUT2D eigenvalue weighted by Gasteiger charge is 2.23. The van der Waals surface area contributed by atoms with Crippen molar-refractivity contribution in [2.75, 3.05) is 26.2 Å². The molecule has 0 aliphatic carbocycles. The highest BCUT2D eigenvalue weighted by atomic mass is 32.1. The SMILES string of the molecule is Cc1sc2nc(CN3CCN(C(=O)c4ccc([N+](=O)[O-])cc4)CC3)[nH]c(=O)c2c1C. The van der Waals surface area contributed by atoms with Crippen molar-refractivity contribution in [1.82, 2.24) is 19.8 Å². The third-order valence-corrected chi connectivity index (χ3v) is 6.55. The third-order valence-electron chi connectivity index (χ3n) is 5.45. The standard InChI is InChI=1S/C20H21N5O4S/c1-12-13(2)30-19-17(12)18(26)21-16(22-19)11-23-7-9-24(10-8-23)20(27)14-3-5-15(6-4-14)25(28)29/h3-6H,7-11H2,1-2H3,(H,21,22,26). The number of thiophene rings is 1. The van der Waals surface area contributed by atoms with Gasteiger partial charge in [-0.3, -0.25) is 24.6 Å². The molecule has 30 heavy (non-hydrogen) atoms. The minimum absolute atomic E-state index is 0.0361. The molecule has 0 atom stereocenters. The fraction of sp³-hybridized carbons (Fsp3) is 0.350. The summed E-state index contributed by atoms with van der Waals surface area (Å²) in [5.41, 5.74) is 1.28. The number of aryl methyl sites for hydroxylation is 2. The second-order valence-electron chi connectivity index (χ2n) is 7.35. The molecule has 0 saturated carbocycles. The number of aromatic nitrogens is 2. The van der Waals surface area contributed by atoms with E-state index in [0.717, 1.165) is 15.3 Å². The number of nitrogens with zero attached hydrogens (tertiary/aromatic N) is 4. The number of nitrogens with one attached hydrogen (secondary N) is 1. The lowest BCUT2D eigenvalue weighted by Crippen LogP contribution is -2.48. The van der Waals surface area contributed by atoms with Crippen molar-refractivity contribution >= 4 is 33.1 Å². The van der Waals surface area contributed by atoms with Crippen molar-refractivity contribution in [2.24, 2.45) is 0 Å². The molecule has 1 N–H and O–H groups in total. The minimum Gasteiger partial charge on any atom is -0.336 e. The largest absolute Gasteiger partial charge is 0.336 e. The summed E-state index contributed by atoms with van der Waals surface area (Å²) in [6.45, 7) is 6.83. The van der Waals surface area contributed by atoms with E-state index >= 15 is 0 Å². The fourth-order valence-electron chi connectivity index (χ4n) is 3.60. The predicted octanol–water partition coefficient (Wildman–Crippen LogP) is 2.47. The molecule has 2 aromatic heterocycles. The van der Waals surface area contributed by atoms with Crippen LogP contribution in [0.1, 0.15) is 26.6 Å². The quantitative estimate of drug-likeness (QED) is 0.506. The van der Waals surface area contributed by atoms with Gasteiger partial charge in [0.15, 0.2) is 0 Å². The van der Waals surface area contributed by atoms with Crippen LogP contribution in [0.15, 0.2) is 29.1 Å². The maximum atomic E-state index is 12.7. The Bertz CT molecular complexity index is 1180. The summed E-state index contributed by atoms with van der Waals surface area (Å²) in [5.74, 6) is 0.492. The number of hydrogen-bond donors (Lipinski definition) is 1. The number of carbonyl (C=O) groups excluding carboxylic acids is 1. The monoisotopic (exact) mass is 427 g/mol. The molecule has 4 rings (SSSR count). The van der Waals surface area contributed by atoms with Crippen LogP contribution in [0.25, 0.3) is 10.2 Å². The van der Waals surface area contributed by atoms with Gasteiger partial charge in [-0.25, -0.2) is 4.98 Å². The highest BCUT2D eigenvalue weighted by Crippen LogP contribution is 2.25. The zero-order chi connectivity index (χ0) is 21.4. The number of fused-ring (bicyclic) bond motifs is 1. The molecular weight excluding hydrogens is 406 g/mol. The first-order chi connectivity index (χ1) is 14.3. The van der Waals surface area contributed by atoms with Crippen molar-refractivity contribution in [1.29, 1.82) is 0 Å². The van der Waals surface area contributed by atoms with Gasteiger partial charge >= 0.3 is 0 Å². The summed E-state index contributed by atoms with van der Waals surface area (Å²) in [5, 5.41) is 11.4. The Hall–Kier alpha value is -3.11. The van der Waals surface area contributed by atoms with E-state index < -0.39 is 4.92 Å². The Labute approximate surface area is 176 Å². The van der Waals surface area contributed by atoms with Gasteiger partial charge in [-0.05, 0) is 31.5 Å². The number of hydrogen-bond acceptors (Lipinski definition) is 7. The number of nitro benzene ring substituents is 1. The van der Waals surface area contributed by atoms with Gasteiger partial charge in [-0.2, -0.15) is 0 Å². The molecular formula is C20H21N5O4S. The Balaban J connectivity index is 1.40. The van der Waals surface area contributed by atoms with E-state index in [-0.39, 0.29) is 17.2 Å². The zero-order valence-corrected chi connectivity index (χ0v) is 17.5. The van der Waals surface area contributed by atoms with Gasteiger partial charge in [0.1, 0.15) is 10.7 Å². The van der Waals surface area contributed by atoms with Crippen LogP contribution in [-0.4, -0.2) is 56.8 Å². The molecule has 1 aromatic carbocycles. The fourth-order valence-corrected chi connectivity index (χ4v) is 4.65. The van der Waals surface area contributed by atoms with Crippen LogP contribution in [0.5, 0.6) is 0 Å². The Morgan fingerprint density at radius 2 is 1.87 bits per heavy atom. The average molecular weight is 427 g/mol. The number of non-ortho nitro benzene ring substituents is 1. The first kappa shape index (κ1) is 20.2. The molecule has 0 radical (unpaired) electrons. The molecule has 0 spiro atoms. The van der Waals surface area contributed by atoms with Gasteiger partial charge in [-0.1, -0.05) is 0 Å². The van der Waals surface area contributed by atoms with Crippen LogP contribution in [0.4, 0.5) is 5.69 Å². The van der Waals surface area contributed by atoms with Gasteiger partial charge in [0.2, 0.25) is 0 Å². The summed E-state index contributed by atoms with van der Waals surface area (Å²) in [6.07, 6.45) is 0. The maximum Gasteiger partial charge on any atom is 0.269 e. The number of amides is 1. The van der Waals surface area contributed by atoms with Gasteiger partial charge in [0, 0.05) is 48.8 Å². The van der Waals surface area contributed by atoms with Crippen LogP contribution >= 0.6 is 11.3 Å². The lowest BCUT2D eigenvalue weighted by molar-refractivity contribution is -0.384. The molecule has 10 heteroatoms. The van der Waals surface area contributed by atoms with Crippen molar-refractivity contribution in [3.63, 3.8) is 0 Å². The Kier molecular flexibility index (Phi) is 5.35. The molecule has 3 aromatic rings. The highest BCUT2D eigenvalue weighted by molar-refractivity contribution is 7.18. The van der Waals surface area contributed by atoms with E-state index in [2.05, 4.69) is 14.9 Å². The van der Waals surface area contributed by atoms with Crippen LogP contribution in [0.2, 0.25) is 0 Å². The smallest absolute Gasteiger partial charge is 0.269 e. The van der Waals surface area contributed by atoms with E-state index in [1.807, 2.05) is 13.8 Å². The van der Waals surface area contributed by atoms with Crippen molar-refractivity contribution < 1.29 is 9.72 Å². The number of benzene rings is 1. The number of piperazine rings is 1. The lowest BCUT2D eigenvalue weighted by Gasteiger charge is -2.34. The third kappa shape index (κ3) is 3.83. The molecule has 1 amide bonds. The van der Waals surface area contributed by atoms with Crippen LogP contribution in [0.3, 0.4) is 0 Å². The molecule has 1 saturated heterocycles. The van der Waals surface area contributed by atoms with E-state index in [1.54, 1.807) is 4.90 Å². The summed E-state index contributed by atoms with van der Waals surface area (Å²) < 4.78 is 0. The van der Waals surface area contributed by atoms with Crippen LogP contribution < -0.4 is 5.56 Å². The molecule has 0 unspecified atom stereocenters.